The number of carbonyl (C=O) groups is 1. The van der Waals surface area contributed by atoms with Gasteiger partial charge in [0.2, 0.25) is 0 Å². The minimum absolute atomic E-state index is 0.0474. The van der Waals surface area contributed by atoms with Crippen LogP contribution < -0.4 is 4.74 Å². The number of ether oxygens (including phenoxy) is 2. The van der Waals surface area contributed by atoms with E-state index in [0.717, 1.165) is 5.56 Å². The van der Waals surface area contributed by atoms with Gasteiger partial charge in [-0.3, -0.25) is 4.98 Å². The summed E-state index contributed by atoms with van der Waals surface area (Å²) in [7, 11) is 1.27. The third kappa shape index (κ3) is 4.10. The molecule has 0 bridgehead atoms. The normalized spacial score (nSPS) is 10.1. The van der Waals surface area contributed by atoms with Gasteiger partial charge in [-0.25, -0.2) is 9.18 Å². The summed E-state index contributed by atoms with van der Waals surface area (Å²) >= 11 is 0. The third-order valence-electron chi connectivity index (χ3n) is 3.87. The van der Waals surface area contributed by atoms with E-state index in [1.165, 1.54) is 37.6 Å². The molecule has 0 N–H and O–H groups in total. The van der Waals surface area contributed by atoms with E-state index in [9.17, 15) is 14.4 Å². The summed E-state index contributed by atoms with van der Waals surface area (Å²) in [4.78, 5) is 15.8. The highest BCUT2D eigenvalue weighted by atomic mass is 19.1. The fourth-order valence-corrected chi connectivity index (χ4v) is 2.53. The molecule has 0 saturated carbocycles. The number of nitriles is 1. The van der Waals surface area contributed by atoms with E-state index in [2.05, 4.69) is 9.72 Å². The van der Waals surface area contributed by atoms with Gasteiger partial charge in [0.1, 0.15) is 12.7 Å². The van der Waals surface area contributed by atoms with Crippen LogP contribution in [0.3, 0.4) is 0 Å². The molecule has 1 heterocycles. The van der Waals surface area contributed by atoms with Gasteiger partial charge in [-0.1, -0.05) is 30.3 Å². The fraction of sp³-hybridized carbons (Fsp3) is 0.0952. The van der Waals surface area contributed by atoms with Crippen molar-refractivity contribution in [3.05, 3.63) is 83.3 Å². The molecule has 3 rings (SSSR count). The molecular formula is C21H15FN2O3. The van der Waals surface area contributed by atoms with E-state index in [1.807, 2.05) is 36.4 Å². The van der Waals surface area contributed by atoms with E-state index < -0.39 is 11.8 Å². The standard InChI is InChI=1S/C21H15FN2O3/c1-26-21(25)15-7-8-24-19(11-15)16-9-17(12-23)20(18(22)10-16)27-13-14-5-3-2-4-6-14/h2-11H,13H2,1H3. The van der Waals surface area contributed by atoms with Crippen molar-refractivity contribution in [2.75, 3.05) is 7.11 Å². The number of halogens is 1. The van der Waals surface area contributed by atoms with Crippen molar-refractivity contribution in [3.63, 3.8) is 0 Å². The number of hydrogen-bond acceptors (Lipinski definition) is 5. The Morgan fingerprint density at radius 3 is 2.67 bits per heavy atom. The average molecular weight is 362 g/mol. The lowest BCUT2D eigenvalue weighted by atomic mass is 10.0. The Balaban J connectivity index is 1.93. The maximum atomic E-state index is 14.6. The van der Waals surface area contributed by atoms with Crippen LogP contribution in [0.4, 0.5) is 4.39 Å². The summed E-state index contributed by atoms with van der Waals surface area (Å²) in [5.41, 5.74) is 1.90. The number of carbonyl (C=O) groups excluding carboxylic acids is 1. The highest BCUT2D eigenvalue weighted by molar-refractivity contribution is 5.90. The van der Waals surface area contributed by atoms with Gasteiger partial charge < -0.3 is 9.47 Å². The van der Waals surface area contributed by atoms with Crippen molar-refractivity contribution in [1.29, 1.82) is 5.26 Å². The van der Waals surface area contributed by atoms with Gasteiger partial charge in [0.25, 0.3) is 0 Å². The Morgan fingerprint density at radius 2 is 1.96 bits per heavy atom. The summed E-state index contributed by atoms with van der Waals surface area (Å²) in [6.45, 7) is 0.141. The smallest absolute Gasteiger partial charge is 0.337 e. The fourth-order valence-electron chi connectivity index (χ4n) is 2.53. The summed E-state index contributed by atoms with van der Waals surface area (Å²) in [6.07, 6.45) is 1.42. The van der Waals surface area contributed by atoms with Crippen molar-refractivity contribution < 1.29 is 18.7 Å². The zero-order valence-electron chi connectivity index (χ0n) is 14.5. The van der Waals surface area contributed by atoms with Gasteiger partial charge in [0, 0.05) is 11.8 Å². The molecule has 0 spiro atoms. The molecule has 2 aromatic carbocycles. The molecule has 0 aliphatic carbocycles. The predicted octanol–water partition coefficient (Wildman–Crippen LogP) is 4.12. The molecule has 0 atom stereocenters. The Hall–Kier alpha value is -3.72. The predicted molar refractivity (Wildman–Crippen MR) is 96.5 cm³/mol. The molecule has 1 aromatic heterocycles. The van der Waals surface area contributed by atoms with Crippen LogP contribution in [-0.2, 0) is 11.3 Å². The van der Waals surface area contributed by atoms with Crippen molar-refractivity contribution in [1.82, 2.24) is 4.98 Å². The summed E-state index contributed by atoms with van der Waals surface area (Å²) in [5, 5.41) is 9.40. The molecule has 5 nitrogen and oxygen atoms in total. The van der Waals surface area contributed by atoms with Crippen molar-refractivity contribution in [2.24, 2.45) is 0 Å². The molecule has 0 unspecified atom stereocenters. The summed E-state index contributed by atoms with van der Waals surface area (Å²) in [6, 6.07) is 16.9. The lowest BCUT2D eigenvalue weighted by molar-refractivity contribution is 0.0600. The van der Waals surface area contributed by atoms with Gasteiger partial charge in [0.05, 0.1) is 23.9 Å². The maximum absolute atomic E-state index is 14.6. The number of aromatic nitrogens is 1. The van der Waals surface area contributed by atoms with Gasteiger partial charge in [0.15, 0.2) is 11.6 Å². The molecule has 27 heavy (non-hydrogen) atoms. The van der Waals surface area contributed by atoms with Crippen LogP contribution in [-0.4, -0.2) is 18.1 Å². The van der Waals surface area contributed by atoms with Crippen LogP contribution in [0.15, 0.2) is 60.8 Å². The second-order valence-corrected chi connectivity index (χ2v) is 5.64. The number of rotatable bonds is 5. The Labute approximate surface area is 155 Å². The van der Waals surface area contributed by atoms with E-state index in [-0.39, 0.29) is 23.5 Å². The Morgan fingerprint density at radius 1 is 1.19 bits per heavy atom. The topological polar surface area (TPSA) is 72.2 Å². The minimum Gasteiger partial charge on any atom is -0.484 e. The summed E-state index contributed by atoms with van der Waals surface area (Å²) in [5.74, 6) is -1.32. The lowest BCUT2D eigenvalue weighted by Gasteiger charge is -2.11. The van der Waals surface area contributed by atoms with Crippen LogP contribution in [0.5, 0.6) is 5.75 Å². The molecule has 134 valence electrons. The molecule has 0 fully saturated rings. The monoisotopic (exact) mass is 362 g/mol. The first-order valence-electron chi connectivity index (χ1n) is 8.07. The highest BCUT2D eigenvalue weighted by Gasteiger charge is 2.15. The molecule has 0 radical (unpaired) electrons. The molecule has 0 saturated heterocycles. The summed E-state index contributed by atoms with van der Waals surface area (Å²) < 4.78 is 24.8. The number of esters is 1. The van der Waals surface area contributed by atoms with E-state index in [0.29, 0.717) is 11.3 Å². The first kappa shape index (κ1) is 18.1. The molecular weight excluding hydrogens is 347 g/mol. The Kier molecular flexibility index (Phi) is 5.43. The zero-order valence-corrected chi connectivity index (χ0v) is 14.5. The van der Waals surface area contributed by atoms with Gasteiger partial charge >= 0.3 is 5.97 Å². The van der Waals surface area contributed by atoms with Gasteiger partial charge in [-0.2, -0.15) is 5.26 Å². The lowest BCUT2D eigenvalue weighted by Crippen LogP contribution is -2.03. The number of hydrogen-bond donors (Lipinski definition) is 0. The first-order chi connectivity index (χ1) is 13.1. The highest BCUT2D eigenvalue weighted by Crippen LogP contribution is 2.30. The number of nitrogens with zero attached hydrogens (tertiary/aromatic N) is 2. The molecule has 3 aromatic rings. The van der Waals surface area contributed by atoms with E-state index in [4.69, 9.17) is 4.74 Å². The average Bonchev–Trinajstić information content (AvgIpc) is 2.72. The largest absolute Gasteiger partial charge is 0.484 e. The van der Waals surface area contributed by atoms with Crippen molar-refractivity contribution in [2.45, 2.75) is 6.61 Å². The molecule has 6 heteroatoms. The van der Waals surface area contributed by atoms with Crippen LogP contribution in [0.1, 0.15) is 21.5 Å². The molecule has 0 amide bonds. The van der Waals surface area contributed by atoms with Crippen LogP contribution in [0, 0.1) is 17.1 Å². The van der Waals surface area contributed by atoms with Crippen LogP contribution in [0.2, 0.25) is 0 Å². The second-order valence-electron chi connectivity index (χ2n) is 5.64. The van der Waals surface area contributed by atoms with Crippen molar-refractivity contribution >= 4 is 5.97 Å². The Bertz CT molecular complexity index is 1010. The first-order valence-corrected chi connectivity index (χ1v) is 8.07. The van der Waals surface area contributed by atoms with Crippen molar-refractivity contribution in [3.8, 4) is 23.1 Å². The second kappa shape index (κ2) is 8.11. The molecule has 0 aliphatic heterocycles. The minimum atomic E-state index is -0.676. The number of pyridine rings is 1. The maximum Gasteiger partial charge on any atom is 0.337 e. The number of benzene rings is 2. The molecule has 0 aliphatic rings. The van der Waals surface area contributed by atoms with Gasteiger partial charge in [-0.15, -0.1) is 0 Å². The number of methoxy groups -OCH3 is 1. The van der Waals surface area contributed by atoms with E-state index in [1.54, 1.807) is 0 Å². The van der Waals surface area contributed by atoms with Crippen LogP contribution >= 0.6 is 0 Å². The van der Waals surface area contributed by atoms with E-state index >= 15 is 0 Å². The van der Waals surface area contributed by atoms with Crippen LogP contribution in [0.25, 0.3) is 11.3 Å². The third-order valence-corrected chi connectivity index (χ3v) is 3.87. The quantitative estimate of drug-likeness (QED) is 0.638. The zero-order chi connectivity index (χ0) is 19.2. The SMILES string of the molecule is COC(=O)c1ccnc(-c2cc(F)c(OCc3ccccc3)c(C#N)c2)c1. The van der Waals surface area contributed by atoms with Gasteiger partial charge in [-0.05, 0) is 29.8 Å².